The molecule has 146 valence electrons. The fourth-order valence-corrected chi connectivity index (χ4v) is 3.21. The highest BCUT2D eigenvalue weighted by molar-refractivity contribution is 5.65. The van der Waals surface area contributed by atoms with E-state index in [-0.39, 0.29) is 12.4 Å². The highest BCUT2D eigenvalue weighted by atomic mass is 16.7. The van der Waals surface area contributed by atoms with Crippen molar-refractivity contribution < 1.29 is 29.2 Å². The first-order valence-corrected chi connectivity index (χ1v) is 8.70. The van der Waals surface area contributed by atoms with E-state index in [2.05, 4.69) is 10.1 Å². The van der Waals surface area contributed by atoms with Gasteiger partial charge >= 0.3 is 6.16 Å². The van der Waals surface area contributed by atoms with Gasteiger partial charge in [0.15, 0.2) is 5.82 Å². The fourth-order valence-electron chi connectivity index (χ4n) is 3.21. The van der Waals surface area contributed by atoms with E-state index < -0.39 is 35.7 Å². The van der Waals surface area contributed by atoms with E-state index in [9.17, 15) is 15.0 Å². The lowest BCUT2D eigenvalue weighted by Crippen LogP contribution is -2.45. The highest BCUT2D eigenvalue weighted by Crippen LogP contribution is 2.42. The fraction of sp³-hybridized carbons (Fsp3) is 0.588. The molecular weight excluding hydrogens is 356 g/mol. The second kappa shape index (κ2) is 6.04. The van der Waals surface area contributed by atoms with Gasteiger partial charge in [-0.2, -0.15) is 5.10 Å². The summed E-state index contributed by atoms with van der Waals surface area (Å²) in [6.45, 7) is 3.12. The van der Waals surface area contributed by atoms with Crippen LogP contribution in [0.15, 0.2) is 18.5 Å². The van der Waals surface area contributed by atoms with Crippen LogP contribution in [0.1, 0.15) is 38.5 Å². The van der Waals surface area contributed by atoms with Gasteiger partial charge in [0.1, 0.15) is 48.0 Å². The zero-order valence-electron chi connectivity index (χ0n) is 15.0. The Kier molecular flexibility index (Phi) is 4.02. The van der Waals surface area contributed by atoms with Gasteiger partial charge in [-0.05, 0) is 38.8 Å². The van der Waals surface area contributed by atoms with E-state index in [4.69, 9.17) is 19.9 Å². The molecule has 10 heteroatoms. The third-order valence-electron chi connectivity index (χ3n) is 5.22. The SMILES string of the molecule is CC1(OC(=O)OC[C@@]2(C)O[C@@H](c3ccc4c(N)ncnn34)[C@H](O)[C@@H]2O)CC1. The largest absolute Gasteiger partial charge is 0.508 e. The van der Waals surface area contributed by atoms with Crippen LogP contribution in [0.25, 0.3) is 5.52 Å². The van der Waals surface area contributed by atoms with Crippen LogP contribution in [0, 0.1) is 0 Å². The van der Waals surface area contributed by atoms with Crippen molar-refractivity contribution in [1.29, 1.82) is 0 Å². The van der Waals surface area contributed by atoms with Gasteiger partial charge in [-0.15, -0.1) is 0 Å². The predicted molar refractivity (Wildman–Crippen MR) is 91.7 cm³/mol. The minimum absolute atomic E-state index is 0.267. The summed E-state index contributed by atoms with van der Waals surface area (Å²) >= 11 is 0. The first-order valence-electron chi connectivity index (χ1n) is 8.70. The lowest BCUT2D eigenvalue weighted by atomic mass is 9.97. The van der Waals surface area contributed by atoms with E-state index >= 15 is 0 Å². The third kappa shape index (κ3) is 3.09. The molecule has 4 atom stereocenters. The maximum absolute atomic E-state index is 11.8. The number of ether oxygens (including phenoxy) is 3. The molecule has 2 aromatic rings. The molecule has 1 aliphatic heterocycles. The van der Waals surface area contributed by atoms with E-state index in [1.807, 2.05) is 6.92 Å². The van der Waals surface area contributed by atoms with Crippen molar-refractivity contribution in [3.63, 3.8) is 0 Å². The van der Waals surface area contributed by atoms with E-state index in [0.717, 1.165) is 12.8 Å². The third-order valence-corrected chi connectivity index (χ3v) is 5.22. The van der Waals surface area contributed by atoms with Crippen molar-refractivity contribution in [2.45, 2.75) is 56.2 Å². The Morgan fingerprint density at radius 2 is 2.15 bits per heavy atom. The number of aliphatic hydroxyl groups excluding tert-OH is 2. The van der Waals surface area contributed by atoms with Gasteiger partial charge in [-0.1, -0.05) is 0 Å². The molecule has 2 aromatic heterocycles. The number of hydrogen-bond donors (Lipinski definition) is 3. The molecule has 4 rings (SSSR count). The van der Waals surface area contributed by atoms with Crippen LogP contribution in [0.5, 0.6) is 0 Å². The van der Waals surface area contributed by atoms with Gasteiger partial charge in [0, 0.05) is 0 Å². The summed E-state index contributed by atoms with van der Waals surface area (Å²) in [5, 5.41) is 25.1. The van der Waals surface area contributed by atoms with E-state index in [1.54, 1.807) is 19.1 Å². The molecule has 4 N–H and O–H groups in total. The molecule has 0 amide bonds. The van der Waals surface area contributed by atoms with E-state index in [1.165, 1.54) is 10.8 Å². The molecule has 0 aromatic carbocycles. The Labute approximate surface area is 154 Å². The normalized spacial score (nSPS) is 31.8. The monoisotopic (exact) mass is 378 g/mol. The van der Waals surface area contributed by atoms with Crippen molar-refractivity contribution in [2.24, 2.45) is 0 Å². The van der Waals surface area contributed by atoms with Gasteiger partial charge in [0.25, 0.3) is 0 Å². The van der Waals surface area contributed by atoms with Gasteiger partial charge in [-0.25, -0.2) is 14.3 Å². The maximum atomic E-state index is 11.8. The number of fused-ring (bicyclic) bond motifs is 1. The van der Waals surface area contributed by atoms with Crippen molar-refractivity contribution in [1.82, 2.24) is 14.6 Å². The predicted octanol–water partition coefficient (Wildman–Crippen LogP) is 0.569. The van der Waals surface area contributed by atoms with Crippen LogP contribution >= 0.6 is 0 Å². The Balaban J connectivity index is 1.51. The summed E-state index contributed by atoms with van der Waals surface area (Å²) in [6.07, 6.45) is -1.35. The quantitative estimate of drug-likeness (QED) is 0.651. The average Bonchev–Trinajstić information content (AvgIpc) is 3.11. The Morgan fingerprint density at radius 1 is 1.41 bits per heavy atom. The summed E-state index contributed by atoms with van der Waals surface area (Å²) in [7, 11) is 0. The molecule has 3 heterocycles. The van der Waals surface area contributed by atoms with Gasteiger partial charge in [-0.3, -0.25) is 0 Å². The minimum Gasteiger partial charge on any atom is -0.431 e. The molecule has 2 aliphatic rings. The van der Waals surface area contributed by atoms with Crippen LogP contribution < -0.4 is 5.73 Å². The molecule has 2 fully saturated rings. The molecule has 0 spiro atoms. The molecular formula is C17H22N4O6. The molecule has 0 radical (unpaired) electrons. The number of rotatable bonds is 4. The van der Waals surface area contributed by atoms with E-state index in [0.29, 0.717) is 11.2 Å². The molecule has 0 bridgehead atoms. The summed E-state index contributed by atoms with van der Waals surface area (Å²) in [5.74, 6) is 0.284. The van der Waals surface area contributed by atoms with Crippen molar-refractivity contribution in [3.8, 4) is 0 Å². The first kappa shape index (κ1) is 18.0. The van der Waals surface area contributed by atoms with Crippen molar-refractivity contribution in [3.05, 3.63) is 24.2 Å². The topological polar surface area (TPSA) is 141 Å². The van der Waals surface area contributed by atoms with Crippen molar-refractivity contribution >= 4 is 17.5 Å². The minimum atomic E-state index is -1.31. The Bertz CT molecular complexity index is 881. The number of nitrogens with two attached hydrogens (primary N) is 1. The van der Waals surface area contributed by atoms with Crippen LogP contribution in [0.2, 0.25) is 0 Å². The van der Waals surface area contributed by atoms with Crippen LogP contribution in [-0.2, 0) is 14.2 Å². The Morgan fingerprint density at radius 3 is 2.85 bits per heavy atom. The lowest BCUT2D eigenvalue weighted by molar-refractivity contribution is -0.112. The number of nitrogens with zero attached hydrogens (tertiary/aromatic N) is 3. The van der Waals surface area contributed by atoms with Gasteiger partial charge in [0.2, 0.25) is 0 Å². The molecule has 1 aliphatic carbocycles. The highest BCUT2D eigenvalue weighted by Gasteiger charge is 2.53. The number of aromatic nitrogens is 3. The maximum Gasteiger partial charge on any atom is 0.508 e. The molecule has 10 nitrogen and oxygen atoms in total. The standard InChI is InChI=1S/C17H22N4O6/c1-16(5-6-16)27-15(24)25-7-17(2)13(23)11(22)12(26-17)9-3-4-10-14(18)19-8-20-21(9)10/h3-4,8,11-13,22-23H,5-7H2,1-2H3,(H2,18,19,20)/t11-,12-,13-,17+/m0/s1. The zero-order chi connectivity index (χ0) is 19.4. The van der Waals surface area contributed by atoms with Crippen LogP contribution in [0.4, 0.5) is 10.6 Å². The average molecular weight is 378 g/mol. The van der Waals surface area contributed by atoms with Crippen LogP contribution in [-0.4, -0.2) is 61.0 Å². The van der Waals surface area contributed by atoms with Gasteiger partial charge in [0.05, 0.1) is 5.69 Å². The number of hydrogen-bond acceptors (Lipinski definition) is 9. The molecule has 1 saturated carbocycles. The summed E-state index contributed by atoms with van der Waals surface area (Å²) in [6, 6.07) is 3.39. The number of aliphatic hydroxyl groups is 2. The lowest BCUT2D eigenvalue weighted by Gasteiger charge is -2.27. The second-order valence-corrected chi connectivity index (χ2v) is 7.58. The summed E-state index contributed by atoms with van der Waals surface area (Å²) < 4.78 is 17.7. The molecule has 27 heavy (non-hydrogen) atoms. The molecule has 0 unspecified atom stereocenters. The molecule has 1 saturated heterocycles. The van der Waals surface area contributed by atoms with Crippen LogP contribution in [0.3, 0.4) is 0 Å². The summed E-state index contributed by atoms with van der Waals surface area (Å²) in [4.78, 5) is 15.7. The Hall–Kier alpha value is -2.43. The zero-order valence-corrected chi connectivity index (χ0v) is 15.0. The number of anilines is 1. The number of carbonyl (C=O) groups excluding carboxylic acids is 1. The summed E-state index contributed by atoms with van der Waals surface area (Å²) in [5.41, 5.74) is 5.12. The van der Waals surface area contributed by atoms with Gasteiger partial charge < -0.3 is 30.2 Å². The van der Waals surface area contributed by atoms with Crippen molar-refractivity contribution in [2.75, 3.05) is 12.3 Å². The first-order chi connectivity index (χ1) is 12.7. The number of carbonyl (C=O) groups is 1. The second-order valence-electron chi connectivity index (χ2n) is 7.58. The number of nitrogen functional groups attached to an aromatic ring is 1. The smallest absolute Gasteiger partial charge is 0.431 e.